The average Bonchev–Trinajstić information content (AvgIpc) is 1.60. The molecule has 11 aromatic carbocycles. The van der Waals surface area contributed by atoms with Crippen molar-refractivity contribution in [2.24, 2.45) is 0 Å². The Labute approximate surface area is 488 Å². The fraction of sp³-hybridized carbons (Fsp3) is 0. The first-order valence-corrected chi connectivity index (χ1v) is 31.0. The van der Waals surface area contributed by atoms with Crippen LogP contribution >= 0.6 is 0 Å². The van der Waals surface area contributed by atoms with E-state index < -0.39 is 8.07 Å². The lowest BCUT2D eigenvalue weighted by Crippen LogP contribution is -2.70. The maximum atomic E-state index is 13.1. The van der Waals surface area contributed by atoms with E-state index in [0.29, 0.717) is 5.56 Å². The van der Waals surface area contributed by atoms with Gasteiger partial charge < -0.3 is 18.3 Å². The average molecular weight is 1100 g/mol. The molecule has 2 aliphatic rings. The molecule has 19 rings (SSSR count). The van der Waals surface area contributed by atoms with E-state index in [1.54, 1.807) is 0 Å². The molecule has 0 N–H and O–H groups in total. The molecule has 392 valence electrons. The predicted octanol–water partition coefficient (Wildman–Crippen LogP) is 15.7. The number of rotatable bonds is 5. The molecule has 8 heteroatoms. The second-order valence-corrected chi connectivity index (χ2v) is 26.2. The summed E-state index contributed by atoms with van der Waals surface area (Å²) in [5, 5.41) is 27.1. The van der Waals surface area contributed by atoms with Crippen molar-refractivity contribution in [1.29, 1.82) is 5.26 Å². The Balaban J connectivity index is 1.13. The monoisotopic (exact) mass is 1100 g/mol. The van der Waals surface area contributed by atoms with Crippen LogP contribution in [0.5, 0.6) is 0 Å². The minimum absolute atomic E-state index is 0.533. The number of pyridine rings is 2. The Morgan fingerprint density at radius 1 is 0.294 bits per heavy atom. The molecule has 0 saturated carbocycles. The van der Waals surface area contributed by atoms with Crippen molar-refractivity contribution in [2.75, 3.05) is 0 Å². The van der Waals surface area contributed by atoms with Gasteiger partial charge >= 0.3 is 0 Å². The van der Waals surface area contributed by atoms with Crippen LogP contribution < -0.4 is 20.7 Å². The van der Waals surface area contributed by atoms with Crippen LogP contribution in [0.15, 0.2) is 273 Å². The largest absolute Gasteiger partial charge is 0.306 e. The van der Waals surface area contributed by atoms with E-state index in [2.05, 4.69) is 285 Å². The lowest BCUT2D eigenvalue weighted by Gasteiger charge is -2.30. The number of para-hydroxylation sites is 8. The van der Waals surface area contributed by atoms with E-state index in [0.717, 1.165) is 132 Å². The van der Waals surface area contributed by atoms with E-state index in [9.17, 15) is 5.26 Å². The molecule has 0 unspecified atom stereocenters. The molecule has 85 heavy (non-hydrogen) atoms. The van der Waals surface area contributed by atoms with Crippen molar-refractivity contribution in [3.63, 3.8) is 0 Å². The van der Waals surface area contributed by atoms with Crippen LogP contribution in [-0.2, 0) is 0 Å². The second-order valence-electron chi connectivity index (χ2n) is 22.6. The van der Waals surface area contributed by atoms with Gasteiger partial charge in [-0.2, -0.15) is 5.26 Å². The number of nitriles is 1. The quantitative estimate of drug-likeness (QED) is 0.161. The van der Waals surface area contributed by atoms with E-state index >= 15 is 0 Å². The summed E-state index contributed by atoms with van der Waals surface area (Å²) >= 11 is 0. The standard InChI is InChI=1S/C77H45N7Si/c78-46-58-74(81-59-30-10-1-21-48(59)49-22-2-11-31-60(49)81)76(83-63-34-14-5-25-52(63)53-26-6-15-35-64(53)83)71(47-41-42-57-56-29-9-18-38-67(56)85(70(57)45-47)68-39-19-43-79-72(68)73-69(85)40-20-44-80-73)77(84-65-36-16-7-27-54(65)55-28-8-17-37-66(55)84)75(58)82-61-32-12-3-23-50(61)51-24-4-13-33-62(51)82/h1-45H. The third-order valence-electron chi connectivity index (χ3n) is 18.7. The zero-order chi connectivity index (χ0) is 55.6. The van der Waals surface area contributed by atoms with Gasteiger partial charge in [0.05, 0.1) is 78.3 Å². The van der Waals surface area contributed by atoms with Crippen LogP contribution in [0.4, 0.5) is 0 Å². The van der Waals surface area contributed by atoms with E-state index in [4.69, 9.17) is 9.97 Å². The van der Waals surface area contributed by atoms with Crippen molar-refractivity contribution in [3.8, 4) is 62.5 Å². The van der Waals surface area contributed by atoms with Gasteiger partial charge in [-0.15, -0.1) is 0 Å². The Bertz CT molecular complexity index is 5320. The number of nitrogens with zero attached hydrogens (tertiary/aromatic N) is 7. The maximum Gasteiger partial charge on any atom is 0.185 e. The molecule has 0 aliphatic carbocycles. The highest BCUT2D eigenvalue weighted by atomic mass is 28.3. The fourth-order valence-corrected chi connectivity index (χ4v) is 21.0. The van der Waals surface area contributed by atoms with Gasteiger partial charge in [-0.05, 0) is 98.1 Å². The second kappa shape index (κ2) is 17.1. The van der Waals surface area contributed by atoms with Gasteiger partial charge in [0.25, 0.3) is 0 Å². The molecule has 1 spiro atoms. The zero-order valence-corrected chi connectivity index (χ0v) is 46.6. The summed E-state index contributed by atoms with van der Waals surface area (Å²) in [5.74, 6) is 0. The summed E-state index contributed by atoms with van der Waals surface area (Å²) in [5.41, 5.74) is 18.4. The molecule has 0 radical (unpaired) electrons. The molecule has 0 atom stereocenters. The van der Waals surface area contributed by atoms with Gasteiger partial charge in [-0.25, -0.2) is 0 Å². The molecular formula is C77H45N7Si. The van der Waals surface area contributed by atoms with E-state index in [1.165, 1.54) is 31.9 Å². The van der Waals surface area contributed by atoms with Crippen LogP contribution in [0.3, 0.4) is 0 Å². The number of hydrogen-bond acceptors (Lipinski definition) is 3. The first-order valence-electron chi connectivity index (χ1n) is 29.0. The first-order chi connectivity index (χ1) is 42.2. The number of hydrogen-bond donors (Lipinski definition) is 0. The van der Waals surface area contributed by atoms with Crippen LogP contribution in [0.1, 0.15) is 5.56 Å². The van der Waals surface area contributed by atoms with E-state index in [-0.39, 0.29) is 0 Å². The highest BCUT2D eigenvalue weighted by Gasteiger charge is 2.55. The minimum atomic E-state index is -3.16. The van der Waals surface area contributed by atoms with Crippen molar-refractivity contribution in [2.45, 2.75) is 0 Å². The van der Waals surface area contributed by atoms with Crippen molar-refractivity contribution < 1.29 is 0 Å². The molecule has 0 saturated heterocycles. The van der Waals surface area contributed by atoms with Gasteiger partial charge in [0.15, 0.2) is 8.07 Å². The Hall–Kier alpha value is -11.4. The normalized spacial score (nSPS) is 13.0. The first kappa shape index (κ1) is 46.3. The number of aromatic nitrogens is 6. The van der Waals surface area contributed by atoms with Gasteiger partial charge in [0.1, 0.15) is 11.6 Å². The van der Waals surface area contributed by atoms with Crippen molar-refractivity contribution >= 4 is 116 Å². The smallest absolute Gasteiger partial charge is 0.185 e. The van der Waals surface area contributed by atoms with Crippen molar-refractivity contribution in [3.05, 3.63) is 279 Å². The lowest BCUT2D eigenvalue weighted by atomic mass is 9.92. The summed E-state index contributed by atoms with van der Waals surface area (Å²) in [6.07, 6.45) is 3.84. The molecule has 0 bridgehead atoms. The van der Waals surface area contributed by atoms with E-state index in [1.807, 2.05) is 12.4 Å². The van der Waals surface area contributed by atoms with Gasteiger partial charge in [-0.1, -0.05) is 200 Å². The molecule has 0 amide bonds. The summed E-state index contributed by atoms with van der Waals surface area (Å²) in [4.78, 5) is 10.4. The number of benzene rings is 11. The Morgan fingerprint density at radius 3 is 0.965 bits per heavy atom. The molecule has 6 aromatic heterocycles. The van der Waals surface area contributed by atoms with Crippen LogP contribution in [-0.4, -0.2) is 36.3 Å². The molecule has 7 nitrogen and oxygen atoms in total. The Morgan fingerprint density at radius 2 is 0.600 bits per heavy atom. The fourth-order valence-electron chi connectivity index (χ4n) is 15.6. The van der Waals surface area contributed by atoms with Gasteiger partial charge in [0.2, 0.25) is 0 Å². The molecule has 8 heterocycles. The van der Waals surface area contributed by atoms with Crippen molar-refractivity contribution in [1.82, 2.24) is 28.2 Å². The lowest BCUT2D eigenvalue weighted by molar-refractivity contribution is 1.04. The molecule has 2 aliphatic heterocycles. The minimum Gasteiger partial charge on any atom is -0.306 e. The molecular weight excluding hydrogens is 1050 g/mol. The summed E-state index contributed by atoms with van der Waals surface area (Å²) in [6.45, 7) is 0. The molecule has 0 fully saturated rings. The number of fused-ring (bicyclic) bond motifs is 22. The predicted molar refractivity (Wildman–Crippen MR) is 351 cm³/mol. The Kier molecular flexibility index (Phi) is 9.30. The summed E-state index contributed by atoms with van der Waals surface area (Å²) in [7, 11) is -3.16. The van der Waals surface area contributed by atoms with Crippen LogP contribution in [0, 0.1) is 11.3 Å². The van der Waals surface area contributed by atoms with Gasteiger partial charge in [-0.3, -0.25) is 9.97 Å². The summed E-state index contributed by atoms with van der Waals surface area (Å²) in [6, 6.07) is 98.5. The topological polar surface area (TPSA) is 69.3 Å². The highest BCUT2D eigenvalue weighted by molar-refractivity contribution is 7.24. The summed E-state index contributed by atoms with van der Waals surface area (Å²) < 4.78 is 9.82. The van der Waals surface area contributed by atoms with Gasteiger partial charge in [0, 0.05) is 61.0 Å². The SMILES string of the molecule is N#Cc1c(-n2c3ccccc3c3ccccc32)c(-n2c3ccccc3c3ccccc32)c(-c2ccc3c(c2)[Si]2(c4ccccc4-3)c3cccnc3-c3ncccc32)c(-n2c3ccccc3c3ccccc32)c1-n1c2ccccc2c2ccccc21. The third-order valence-corrected chi connectivity index (χ3v) is 23.6. The van der Waals surface area contributed by atoms with Crippen LogP contribution in [0.25, 0.3) is 144 Å². The molecule has 17 aromatic rings. The maximum absolute atomic E-state index is 13.1. The highest BCUT2D eigenvalue weighted by Crippen LogP contribution is 2.52. The van der Waals surface area contributed by atoms with Crippen LogP contribution in [0.2, 0.25) is 0 Å². The third kappa shape index (κ3) is 5.86. The zero-order valence-electron chi connectivity index (χ0n) is 45.6.